The highest BCUT2D eigenvalue weighted by Gasteiger charge is 2.34. The number of thiophene rings is 1. The van der Waals surface area contributed by atoms with Gasteiger partial charge in [-0.3, -0.25) is 4.79 Å². The molecule has 1 aliphatic heterocycles. The second kappa shape index (κ2) is 10.5. The molecule has 6 nitrogen and oxygen atoms in total. The fraction of sp³-hybridized carbons (Fsp3) is 0.179. The average molecular weight is 537 g/mol. The van der Waals surface area contributed by atoms with E-state index in [-0.39, 0.29) is 9.90 Å². The Balaban J connectivity index is 1.35. The standard InChI is InChI=1S/C28H25FN2O4S2/c1-35-25-12-6-5-10-21(25)20-13-14-24(22(29)18-20)31-17-7-11-23(28(31)32)30-37(33,34)27-16-15-26(36-27)19-8-3-2-4-9-19/h2-6,8-10,12-16,18,23,30H,7,11,17H2,1H3. The first-order valence-corrected chi connectivity index (χ1v) is 14.1. The van der Waals surface area contributed by atoms with Crippen molar-refractivity contribution >= 4 is 33.0 Å². The third-order valence-electron chi connectivity index (χ3n) is 6.30. The number of amides is 1. The van der Waals surface area contributed by atoms with Crippen LogP contribution in [-0.4, -0.2) is 34.0 Å². The van der Waals surface area contributed by atoms with E-state index in [0.29, 0.717) is 30.7 Å². The molecule has 190 valence electrons. The van der Waals surface area contributed by atoms with Crippen LogP contribution in [0.1, 0.15) is 12.8 Å². The van der Waals surface area contributed by atoms with Crippen LogP contribution in [0.2, 0.25) is 0 Å². The van der Waals surface area contributed by atoms with Crippen molar-refractivity contribution in [2.45, 2.75) is 23.1 Å². The van der Waals surface area contributed by atoms with E-state index in [4.69, 9.17) is 4.74 Å². The van der Waals surface area contributed by atoms with Gasteiger partial charge in [-0.1, -0.05) is 54.6 Å². The molecular weight excluding hydrogens is 511 g/mol. The molecular formula is C28H25FN2O4S2. The summed E-state index contributed by atoms with van der Waals surface area (Å²) in [6, 6.07) is 23.7. The topological polar surface area (TPSA) is 75.7 Å². The zero-order chi connectivity index (χ0) is 26.0. The fourth-order valence-corrected chi connectivity index (χ4v) is 7.02. The smallest absolute Gasteiger partial charge is 0.250 e. The van der Waals surface area contributed by atoms with Crippen molar-refractivity contribution < 1.29 is 22.3 Å². The van der Waals surface area contributed by atoms with Gasteiger partial charge in [0.15, 0.2) is 0 Å². The van der Waals surface area contributed by atoms with E-state index in [1.807, 2.05) is 48.5 Å². The molecule has 0 aliphatic carbocycles. The lowest BCUT2D eigenvalue weighted by molar-refractivity contribution is -0.121. The summed E-state index contributed by atoms with van der Waals surface area (Å²) in [6.45, 7) is 0.305. The Bertz CT molecular complexity index is 1540. The molecule has 0 spiro atoms. The summed E-state index contributed by atoms with van der Waals surface area (Å²) in [4.78, 5) is 15.4. The summed E-state index contributed by atoms with van der Waals surface area (Å²) >= 11 is 1.14. The Morgan fingerprint density at radius 3 is 2.49 bits per heavy atom. The number of nitrogens with zero attached hydrogens (tertiary/aromatic N) is 1. The van der Waals surface area contributed by atoms with Crippen molar-refractivity contribution in [3.05, 3.63) is 90.7 Å². The molecule has 5 rings (SSSR count). The van der Waals surface area contributed by atoms with Crippen LogP contribution >= 0.6 is 11.3 Å². The molecule has 2 heterocycles. The number of carbonyl (C=O) groups excluding carboxylic acids is 1. The molecule has 1 aliphatic rings. The van der Waals surface area contributed by atoms with Crippen LogP contribution < -0.4 is 14.4 Å². The van der Waals surface area contributed by atoms with Gasteiger partial charge in [0.1, 0.15) is 21.8 Å². The molecule has 37 heavy (non-hydrogen) atoms. The predicted octanol–water partition coefficient (Wildman–Crippen LogP) is 5.70. The highest BCUT2D eigenvalue weighted by Crippen LogP contribution is 2.34. The lowest BCUT2D eigenvalue weighted by atomic mass is 10.0. The van der Waals surface area contributed by atoms with Crippen LogP contribution in [0.5, 0.6) is 5.75 Å². The van der Waals surface area contributed by atoms with Gasteiger partial charge in [-0.25, -0.2) is 12.8 Å². The minimum atomic E-state index is -3.93. The Morgan fingerprint density at radius 1 is 0.973 bits per heavy atom. The number of ether oxygens (including phenoxy) is 1. The maximum atomic E-state index is 15.3. The van der Waals surface area contributed by atoms with E-state index in [1.165, 1.54) is 17.0 Å². The molecule has 1 amide bonds. The summed E-state index contributed by atoms with van der Waals surface area (Å²) in [5, 5.41) is 0. The van der Waals surface area contributed by atoms with Gasteiger partial charge < -0.3 is 9.64 Å². The average Bonchev–Trinajstić information content (AvgIpc) is 3.42. The maximum Gasteiger partial charge on any atom is 0.250 e. The summed E-state index contributed by atoms with van der Waals surface area (Å²) in [5.74, 6) is -0.424. The monoisotopic (exact) mass is 536 g/mol. The first-order valence-electron chi connectivity index (χ1n) is 11.8. The molecule has 1 aromatic heterocycles. The first-order chi connectivity index (χ1) is 17.9. The predicted molar refractivity (Wildman–Crippen MR) is 144 cm³/mol. The number of methoxy groups -OCH3 is 1. The van der Waals surface area contributed by atoms with Gasteiger partial charge in [-0.15, -0.1) is 11.3 Å². The van der Waals surface area contributed by atoms with Crippen molar-refractivity contribution in [1.82, 2.24) is 4.72 Å². The van der Waals surface area contributed by atoms with Crippen LogP contribution in [0.3, 0.4) is 0 Å². The number of hydrogen-bond acceptors (Lipinski definition) is 5. The summed E-state index contributed by atoms with van der Waals surface area (Å²) in [6.07, 6.45) is 0.874. The Kier molecular flexibility index (Phi) is 7.10. The molecule has 0 saturated carbocycles. The van der Waals surface area contributed by atoms with Crippen molar-refractivity contribution in [3.8, 4) is 27.3 Å². The number of carbonyl (C=O) groups is 1. The van der Waals surface area contributed by atoms with Crippen LogP contribution in [-0.2, 0) is 14.8 Å². The highest BCUT2D eigenvalue weighted by atomic mass is 32.2. The zero-order valence-corrected chi connectivity index (χ0v) is 21.7. The van der Waals surface area contributed by atoms with Gasteiger partial charge in [-0.05, 0) is 54.3 Å². The molecule has 0 bridgehead atoms. The largest absolute Gasteiger partial charge is 0.496 e. The van der Waals surface area contributed by atoms with E-state index < -0.39 is 27.8 Å². The second-order valence-corrected chi connectivity index (χ2v) is 11.7. The number of piperidine rings is 1. The maximum absolute atomic E-state index is 15.3. The number of hydrogen-bond donors (Lipinski definition) is 1. The third kappa shape index (κ3) is 5.16. The normalized spacial score (nSPS) is 16.1. The third-order valence-corrected chi connectivity index (χ3v) is 9.39. The summed E-state index contributed by atoms with van der Waals surface area (Å²) in [5.41, 5.74) is 2.39. The van der Waals surface area contributed by atoms with Crippen LogP contribution in [0.25, 0.3) is 21.6 Å². The Labute approximate surface area is 219 Å². The molecule has 0 radical (unpaired) electrons. The minimum Gasteiger partial charge on any atom is -0.496 e. The van der Waals surface area contributed by atoms with Gasteiger partial charge in [0.2, 0.25) is 5.91 Å². The molecule has 1 fully saturated rings. The number of sulfonamides is 1. The Morgan fingerprint density at radius 2 is 1.73 bits per heavy atom. The van der Waals surface area contributed by atoms with Gasteiger partial charge in [0.25, 0.3) is 10.0 Å². The number of nitrogens with one attached hydrogen (secondary N) is 1. The van der Waals surface area contributed by atoms with Crippen LogP contribution in [0, 0.1) is 5.82 Å². The van der Waals surface area contributed by atoms with E-state index in [9.17, 15) is 13.2 Å². The van der Waals surface area contributed by atoms with E-state index in [0.717, 1.165) is 27.3 Å². The number of anilines is 1. The summed E-state index contributed by atoms with van der Waals surface area (Å²) in [7, 11) is -2.38. The van der Waals surface area contributed by atoms with Gasteiger partial charge >= 0.3 is 0 Å². The van der Waals surface area contributed by atoms with Crippen molar-refractivity contribution in [3.63, 3.8) is 0 Å². The van der Waals surface area contributed by atoms with Crippen LogP contribution in [0.15, 0.2) is 89.1 Å². The lowest BCUT2D eigenvalue weighted by Crippen LogP contribution is -2.52. The van der Waals surface area contributed by atoms with Crippen LogP contribution in [0.4, 0.5) is 10.1 Å². The van der Waals surface area contributed by atoms with Crippen molar-refractivity contribution in [1.29, 1.82) is 0 Å². The summed E-state index contributed by atoms with van der Waals surface area (Å²) < 4.78 is 49.5. The first kappa shape index (κ1) is 25.1. The molecule has 1 unspecified atom stereocenters. The molecule has 1 saturated heterocycles. The molecule has 1 N–H and O–H groups in total. The number of para-hydroxylation sites is 1. The van der Waals surface area contributed by atoms with E-state index in [1.54, 1.807) is 31.4 Å². The zero-order valence-electron chi connectivity index (χ0n) is 20.1. The second-order valence-electron chi connectivity index (χ2n) is 8.66. The number of benzene rings is 3. The highest BCUT2D eigenvalue weighted by molar-refractivity contribution is 7.91. The van der Waals surface area contributed by atoms with Gasteiger partial charge in [0.05, 0.1) is 12.8 Å². The van der Waals surface area contributed by atoms with Crippen molar-refractivity contribution in [2.24, 2.45) is 0 Å². The van der Waals surface area contributed by atoms with Crippen molar-refractivity contribution in [2.75, 3.05) is 18.6 Å². The SMILES string of the molecule is COc1ccccc1-c1ccc(N2CCCC(NS(=O)(=O)c3ccc(-c4ccccc4)s3)C2=O)c(F)c1. The number of halogens is 1. The van der Waals surface area contributed by atoms with Gasteiger partial charge in [0, 0.05) is 17.0 Å². The lowest BCUT2D eigenvalue weighted by Gasteiger charge is -2.32. The van der Waals surface area contributed by atoms with Gasteiger partial charge in [-0.2, -0.15) is 4.72 Å². The quantitative estimate of drug-likeness (QED) is 0.329. The molecule has 3 aromatic carbocycles. The number of rotatable bonds is 7. The molecule has 4 aromatic rings. The minimum absolute atomic E-state index is 0.120. The molecule has 9 heteroatoms. The molecule has 1 atom stereocenters. The van der Waals surface area contributed by atoms with E-state index >= 15 is 4.39 Å². The Hall–Kier alpha value is -3.53. The van der Waals surface area contributed by atoms with E-state index in [2.05, 4.69) is 4.72 Å². The fourth-order valence-electron chi connectivity index (χ4n) is 4.47.